The van der Waals surface area contributed by atoms with Crippen molar-refractivity contribution in [3.8, 4) is 17.6 Å². The molecule has 0 fully saturated rings. The number of amides is 1. The number of thiocarbonyl (C=S) groups is 1. The van der Waals surface area contributed by atoms with E-state index in [-0.39, 0.29) is 11.7 Å². The van der Waals surface area contributed by atoms with Gasteiger partial charge in [0, 0.05) is 5.69 Å². The second-order valence-corrected chi connectivity index (χ2v) is 6.52. The molecular weight excluding hydrogens is 398 g/mol. The van der Waals surface area contributed by atoms with Crippen LogP contribution in [0.5, 0.6) is 11.5 Å². The first-order valence-electron chi connectivity index (χ1n) is 9.18. The van der Waals surface area contributed by atoms with Crippen LogP contribution in [0.2, 0.25) is 0 Å². The molecule has 0 spiro atoms. The summed E-state index contributed by atoms with van der Waals surface area (Å²) in [6.07, 6.45) is 0. The van der Waals surface area contributed by atoms with Gasteiger partial charge in [-0.05, 0) is 54.7 Å². The van der Waals surface area contributed by atoms with Gasteiger partial charge in [-0.2, -0.15) is 5.26 Å². The van der Waals surface area contributed by atoms with Gasteiger partial charge in [0.2, 0.25) is 0 Å². The van der Waals surface area contributed by atoms with Gasteiger partial charge in [0.1, 0.15) is 24.7 Å². The van der Waals surface area contributed by atoms with Gasteiger partial charge in [-0.15, -0.1) is 0 Å². The molecule has 0 aromatic heterocycles. The van der Waals surface area contributed by atoms with E-state index in [0.29, 0.717) is 29.2 Å². The zero-order valence-electron chi connectivity index (χ0n) is 16.0. The average Bonchev–Trinajstić information content (AvgIpc) is 2.77. The molecule has 30 heavy (non-hydrogen) atoms. The molecule has 0 atom stereocenters. The predicted octanol–water partition coefficient (Wildman–Crippen LogP) is 4.14. The molecule has 2 N–H and O–H groups in total. The van der Waals surface area contributed by atoms with E-state index in [9.17, 15) is 4.79 Å². The summed E-state index contributed by atoms with van der Waals surface area (Å²) in [4.78, 5) is 12.6. The minimum Gasteiger partial charge on any atom is -0.490 e. The van der Waals surface area contributed by atoms with E-state index in [1.807, 2.05) is 30.3 Å². The third-order valence-electron chi connectivity index (χ3n) is 3.96. The molecule has 3 aromatic rings. The zero-order valence-corrected chi connectivity index (χ0v) is 16.8. The molecule has 0 saturated carbocycles. The van der Waals surface area contributed by atoms with Crippen molar-refractivity contribution in [2.24, 2.45) is 0 Å². The fourth-order valence-corrected chi connectivity index (χ4v) is 2.82. The second kappa shape index (κ2) is 10.6. The van der Waals surface area contributed by atoms with Crippen molar-refractivity contribution in [1.29, 1.82) is 5.26 Å². The summed E-state index contributed by atoms with van der Waals surface area (Å²) in [6.45, 7) is 0.623. The summed E-state index contributed by atoms with van der Waals surface area (Å²) in [5, 5.41) is 14.6. The average molecular weight is 417 g/mol. The molecule has 150 valence electrons. The highest BCUT2D eigenvalue weighted by molar-refractivity contribution is 7.80. The van der Waals surface area contributed by atoms with Crippen molar-refractivity contribution in [2.75, 3.05) is 18.5 Å². The highest BCUT2D eigenvalue weighted by atomic mass is 32.1. The van der Waals surface area contributed by atoms with Crippen LogP contribution in [0.3, 0.4) is 0 Å². The van der Waals surface area contributed by atoms with Gasteiger partial charge in [0.15, 0.2) is 5.11 Å². The van der Waals surface area contributed by atoms with E-state index in [1.54, 1.807) is 48.5 Å². The second-order valence-electron chi connectivity index (χ2n) is 6.11. The van der Waals surface area contributed by atoms with Crippen molar-refractivity contribution in [1.82, 2.24) is 5.32 Å². The van der Waals surface area contributed by atoms with E-state index < -0.39 is 5.91 Å². The molecule has 0 saturated heterocycles. The van der Waals surface area contributed by atoms with Crippen LogP contribution in [0.25, 0.3) is 0 Å². The first kappa shape index (κ1) is 20.8. The number of hydrogen-bond donors (Lipinski definition) is 2. The number of nitrogens with zero attached hydrogens (tertiary/aromatic N) is 1. The van der Waals surface area contributed by atoms with E-state index in [2.05, 4.69) is 16.7 Å². The number of ether oxygens (including phenoxy) is 2. The highest BCUT2D eigenvalue weighted by Crippen LogP contribution is 2.18. The fraction of sp³-hybridized carbons (Fsp3) is 0.0870. The molecule has 0 bridgehead atoms. The Labute approximate surface area is 180 Å². The van der Waals surface area contributed by atoms with Gasteiger partial charge < -0.3 is 14.8 Å². The summed E-state index contributed by atoms with van der Waals surface area (Å²) < 4.78 is 11.3. The van der Waals surface area contributed by atoms with Crippen LogP contribution in [0.4, 0.5) is 5.69 Å². The van der Waals surface area contributed by atoms with E-state index in [4.69, 9.17) is 27.0 Å². The normalized spacial score (nSPS) is 9.83. The Morgan fingerprint density at radius 1 is 0.933 bits per heavy atom. The number of benzene rings is 3. The third-order valence-corrected chi connectivity index (χ3v) is 4.17. The molecule has 7 heteroatoms. The highest BCUT2D eigenvalue weighted by Gasteiger charge is 2.14. The molecule has 0 radical (unpaired) electrons. The molecule has 0 aliphatic rings. The van der Waals surface area contributed by atoms with Crippen LogP contribution in [0.15, 0.2) is 78.9 Å². The van der Waals surface area contributed by atoms with Crippen LogP contribution < -0.4 is 20.1 Å². The number of nitrogens with one attached hydrogen (secondary N) is 2. The SMILES string of the molecule is N#Cc1cccc(NC(=S)NC(=O)c2ccccc2OCCOc2ccccc2)c1. The summed E-state index contributed by atoms with van der Waals surface area (Å²) >= 11 is 5.21. The van der Waals surface area contributed by atoms with Gasteiger partial charge >= 0.3 is 0 Å². The third kappa shape index (κ3) is 6.06. The predicted molar refractivity (Wildman–Crippen MR) is 119 cm³/mol. The molecule has 1 amide bonds. The topological polar surface area (TPSA) is 83.4 Å². The molecule has 0 aliphatic carbocycles. The Balaban J connectivity index is 1.55. The van der Waals surface area contributed by atoms with Crippen LogP contribution in [0, 0.1) is 11.3 Å². The van der Waals surface area contributed by atoms with Crippen molar-refractivity contribution in [3.05, 3.63) is 90.0 Å². The molecule has 3 rings (SSSR count). The maximum absolute atomic E-state index is 12.6. The quantitative estimate of drug-likeness (QED) is 0.444. The lowest BCUT2D eigenvalue weighted by Gasteiger charge is -2.13. The molecule has 6 nitrogen and oxygen atoms in total. The van der Waals surface area contributed by atoms with Gasteiger partial charge in [0.05, 0.1) is 17.2 Å². The Kier molecular flexibility index (Phi) is 7.36. The number of hydrogen-bond acceptors (Lipinski definition) is 5. The van der Waals surface area contributed by atoms with E-state index in [1.165, 1.54) is 0 Å². The number of rotatable bonds is 7. The van der Waals surface area contributed by atoms with Crippen molar-refractivity contribution in [2.45, 2.75) is 0 Å². The Bertz CT molecular complexity index is 1060. The lowest BCUT2D eigenvalue weighted by Crippen LogP contribution is -2.34. The van der Waals surface area contributed by atoms with Crippen molar-refractivity contribution >= 4 is 28.9 Å². The maximum atomic E-state index is 12.6. The van der Waals surface area contributed by atoms with Gasteiger partial charge in [-0.3, -0.25) is 10.1 Å². The molecular formula is C23H19N3O3S. The van der Waals surface area contributed by atoms with Gasteiger partial charge in [-0.1, -0.05) is 36.4 Å². The molecule has 3 aromatic carbocycles. The molecule has 0 heterocycles. The van der Waals surface area contributed by atoms with E-state index >= 15 is 0 Å². The summed E-state index contributed by atoms with van der Waals surface area (Å²) in [6, 6.07) is 25.2. The first-order valence-corrected chi connectivity index (χ1v) is 9.59. The minimum atomic E-state index is -0.400. The standard InChI is InChI=1S/C23H19N3O3S/c24-16-17-7-6-8-18(15-17)25-23(30)26-22(27)20-11-4-5-12-21(20)29-14-13-28-19-9-2-1-3-10-19/h1-12,15H,13-14H2,(H2,25,26,27,30). The number of para-hydroxylation sites is 2. The first-order chi connectivity index (χ1) is 14.7. The Morgan fingerprint density at radius 2 is 1.67 bits per heavy atom. The number of nitriles is 1. The van der Waals surface area contributed by atoms with Crippen LogP contribution in [-0.2, 0) is 0 Å². The Hall–Kier alpha value is -3.89. The summed E-state index contributed by atoms with van der Waals surface area (Å²) in [5.74, 6) is 0.786. The molecule has 0 unspecified atom stereocenters. The number of carbonyl (C=O) groups is 1. The fourth-order valence-electron chi connectivity index (χ4n) is 2.61. The van der Waals surface area contributed by atoms with Crippen LogP contribution in [0.1, 0.15) is 15.9 Å². The van der Waals surface area contributed by atoms with Crippen LogP contribution >= 0.6 is 12.2 Å². The summed E-state index contributed by atoms with van der Waals surface area (Å²) in [7, 11) is 0. The molecule has 0 aliphatic heterocycles. The zero-order chi connectivity index (χ0) is 21.2. The number of carbonyl (C=O) groups excluding carboxylic acids is 1. The maximum Gasteiger partial charge on any atom is 0.261 e. The lowest BCUT2D eigenvalue weighted by atomic mass is 10.2. The summed E-state index contributed by atoms with van der Waals surface area (Å²) in [5.41, 5.74) is 1.46. The largest absolute Gasteiger partial charge is 0.490 e. The smallest absolute Gasteiger partial charge is 0.261 e. The lowest BCUT2D eigenvalue weighted by molar-refractivity contribution is 0.0972. The van der Waals surface area contributed by atoms with Crippen molar-refractivity contribution < 1.29 is 14.3 Å². The van der Waals surface area contributed by atoms with Gasteiger partial charge in [0.25, 0.3) is 5.91 Å². The van der Waals surface area contributed by atoms with E-state index in [0.717, 1.165) is 5.75 Å². The monoisotopic (exact) mass is 417 g/mol. The number of anilines is 1. The van der Waals surface area contributed by atoms with Gasteiger partial charge in [-0.25, -0.2) is 0 Å². The van der Waals surface area contributed by atoms with Crippen LogP contribution in [-0.4, -0.2) is 24.2 Å². The minimum absolute atomic E-state index is 0.123. The Morgan fingerprint density at radius 3 is 2.47 bits per heavy atom. The van der Waals surface area contributed by atoms with Crippen molar-refractivity contribution in [3.63, 3.8) is 0 Å².